The van der Waals surface area contributed by atoms with Crippen molar-refractivity contribution in [2.45, 2.75) is 26.4 Å². The first-order chi connectivity index (χ1) is 10.1. The summed E-state index contributed by atoms with van der Waals surface area (Å²) in [6.45, 7) is 6.24. The van der Waals surface area contributed by atoms with E-state index in [4.69, 9.17) is 0 Å². The second-order valence-corrected chi connectivity index (χ2v) is 6.24. The summed E-state index contributed by atoms with van der Waals surface area (Å²) >= 11 is 3.54. The first-order valence-electron chi connectivity index (χ1n) is 7.39. The number of hydrogen-bond donors (Lipinski definition) is 1. The summed E-state index contributed by atoms with van der Waals surface area (Å²) in [5, 5.41) is 3.50. The van der Waals surface area contributed by atoms with Crippen LogP contribution in [0.15, 0.2) is 53.0 Å². The molecule has 2 nitrogen and oxygen atoms in total. The van der Waals surface area contributed by atoms with Crippen LogP contribution in [-0.2, 0) is 6.54 Å². The second kappa shape index (κ2) is 7.62. The predicted molar refractivity (Wildman–Crippen MR) is 94.8 cm³/mol. The average molecular weight is 347 g/mol. The van der Waals surface area contributed by atoms with E-state index < -0.39 is 0 Å². The molecule has 0 fully saturated rings. The summed E-state index contributed by atoms with van der Waals surface area (Å²) in [5.74, 6) is 0. The van der Waals surface area contributed by atoms with Crippen molar-refractivity contribution < 1.29 is 0 Å². The first kappa shape index (κ1) is 16.1. The van der Waals surface area contributed by atoms with Crippen molar-refractivity contribution in [3.05, 3.63) is 64.1 Å². The molecule has 0 amide bonds. The largest absolute Gasteiger partial charge is 0.370 e. The van der Waals surface area contributed by atoms with Crippen molar-refractivity contribution in [2.24, 2.45) is 0 Å². The minimum absolute atomic E-state index is 0.358. The highest BCUT2D eigenvalue weighted by molar-refractivity contribution is 9.10. The number of nitrogens with one attached hydrogen (secondary N) is 1. The molecule has 0 bridgehead atoms. The molecule has 112 valence electrons. The number of para-hydroxylation sites is 1. The zero-order valence-electron chi connectivity index (χ0n) is 12.9. The van der Waals surface area contributed by atoms with E-state index in [0.717, 1.165) is 17.6 Å². The third-order valence-corrected chi connectivity index (χ3v) is 4.13. The van der Waals surface area contributed by atoms with E-state index in [1.165, 1.54) is 16.8 Å². The fraction of sp³-hybridized carbons (Fsp3) is 0.333. The van der Waals surface area contributed by atoms with Crippen LogP contribution in [-0.4, -0.2) is 13.6 Å². The van der Waals surface area contributed by atoms with Gasteiger partial charge in [-0.2, -0.15) is 0 Å². The van der Waals surface area contributed by atoms with E-state index in [1.807, 2.05) is 0 Å². The highest BCUT2D eigenvalue weighted by Gasteiger charge is 2.12. The standard InChI is InChI=1S/C18H23BrN2/c1-4-20-14(2)17-10-5-6-11-18(17)21(3)13-15-8-7-9-16(19)12-15/h5-12,14,20H,4,13H2,1-3H3. The van der Waals surface area contributed by atoms with Gasteiger partial charge in [0.25, 0.3) is 0 Å². The zero-order valence-corrected chi connectivity index (χ0v) is 14.5. The van der Waals surface area contributed by atoms with Crippen LogP contribution >= 0.6 is 15.9 Å². The van der Waals surface area contributed by atoms with Gasteiger partial charge in [0.15, 0.2) is 0 Å². The topological polar surface area (TPSA) is 15.3 Å². The van der Waals surface area contributed by atoms with Gasteiger partial charge in [0, 0.05) is 29.8 Å². The van der Waals surface area contributed by atoms with Crippen LogP contribution in [0.2, 0.25) is 0 Å². The maximum atomic E-state index is 3.54. The third-order valence-electron chi connectivity index (χ3n) is 3.63. The normalized spacial score (nSPS) is 12.2. The van der Waals surface area contributed by atoms with Crippen LogP contribution < -0.4 is 10.2 Å². The van der Waals surface area contributed by atoms with Crippen molar-refractivity contribution >= 4 is 21.6 Å². The summed E-state index contributed by atoms with van der Waals surface area (Å²) in [4.78, 5) is 2.31. The Labute approximate surface area is 136 Å². The number of benzene rings is 2. The van der Waals surface area contributed by atoms with E-state index in [1.54, 1.807) is 0 Å². The third kappa shape index (κ3) is 4.32. The van der Waals surface area contributed by atoms with Gasteiger partial charge >= 0.3 is 0 Å². The molecule has 0 spiro atoms. The molecule has 0 saturated carbocycles. The van der Waals surface area contributed by atoms with Crippen LogP contribution in [0.3, 0.4) is 0 Å². The Kier molecular flexibility index (Phi) is 5.83. The summed E-state index contributed by atoms with van der Waals surface area (Å²) in [7, 11) is 2.15. The monoisotopic (exact) mass is 346 g/mol. The molecule has 0 heterocycles. The number of anilines is 1. The molecular weight excluding hydrogens is 324 g/mol. The van der Waals surface area contributed by atoms with Crippen molar-refractivity contribution in [3.63, 3.8) is 0 Å². The lowest BCUT2D eigenvalue weighted by molar-refractivity contribution is 0.597. The molecule has 21 heavy (non-hydrogen) atoms. The minimum atomic E-state index is 0.358. The lowest BCUT2D eigenvalue weighted by atomic mass is 10.0. The van der Waals surface area contributed by atoms with Crippen molar-refractivity contribution in [2.75, 3.05) is 18.5 Å². The number of hydrogen-bond acceptors (Lipinski definition) is 2. The summed E-state index contributed by atoms with van der Waals surface area (Å²) in [6, 6.07) is 17.5. The molecule has 0 saturated heterocycles. The van der Waals surface area contributed by atoms with Gasteiger partial charge in [-0.25, -0.2) is 0 Å². The Morgan fingerprint density at radius 2 is 1.90 bits per heavy atom. The van der Waals surface area contributed by atoms with E-state index in [-0.39, 0.29) is 0 Å². The van der Waals surface area contributed by atoms with Gasteiger partial charge in [0.1, 0.15) is 0 Å². The molecule has 0 aliphatic carbocycles. The summed E-state index contributed by atoms with van der Waals surface area (Å²) < 4.78 is 1.13. The molecular formula is C18H23BrN2. The van der Waals surface area contributed by atoms with Crippen LogP contribution in [0, 0.1) is 0 Å². The molecule has 1 N–H and O–H groups in total. The molecule has 2 aromatic rings. The Morgan fingerprint density at radius 1 is 1.14 bits per heavy atom. The van der Waals surface area contributed by atoms with Crippen LogP contribution in [0.25, 0.3) is 0 Å². The number of nitrogens with zero attached hydrogens (tertiary/aromatic N) is 1. The SMILES string of the molecule is CCNC(C)c1ccccc1N(C)Cc1cccc(Br)c1. The molecule has 0 aliphatic rings. The van der Waals surface area contributed by atoms with Crippen molar-refractivity contribution in [3.8, 4) is 0 Å². The van der Waals surface area contributed by atoms with E-state index in [0.29, 0.717) is 6.04 Å². The maximum Gasteiger partial charge on any atom is 0.0426 e. The van der Waals surface area contributed by atoms with Gasteiger partial charge in [-0.1, -0.05) is 53.2 Å². The zero-order chi connectivity index (χ0) is 15.2. The smallest absolute Gasteiger partial charge is 0.0426 e. The fourth-order valence-corrected chi connectivity index (χ4v) is 3.06. The summed E-state index contributed by atoms with van der Waals surface area (Å²) in [6.07, 6.45) is 0. The number of halogens is 1. The predicted octanol–water partition coefficient (Wildman–Crippen LogP) is 4.76. The molecule has 2 aromatic carbocycles. The van der Waals surface area contributed by atoms with Gasteiger partial charge in [-0.3, -0.25) is 0 Å². The molecule has 1 unspecified atom stereocenters. The molecule has 1 atom stereocenters. The Hall–Kier alpha value is -1.32. The molecule has 0 aromatic heterocycles. The molecule has 0 aliphatic heterocycles. The Bertz CT molecular complexity index is 583. The van der Waals surface area contributed by atoms with Crippen molar-refractivity contribution in [1.82, 2.24) is 5.32 Å². The van der Waals surface area contributed by atoms with Gasteiger partial charge in [-0.15, -0.1) is 0 Å². The van der Waals surface area contributed by atoms with Crippen LogP contribution in [0.5, 0.6) is 0 Å². The lowest BCUT2D eigenvalue weighted by Gasteiger charge is -2.25. The fourth-order valence-electron chi connectivity index (χ4n) is 2.61. The lowest BCUT2D eigenvalue weighted by Crippen LogP contribution is -2.23. The minimum Gasteiger partial charge on any atom is -0.370 e. The highest BCUT2D eigenvalue weighted by Crippen LogP contribution is 2.26. The Balaban J connectivity index is 2.21. The maximum absolute atomic E-state index is 3.54. The van der Waals surface area contributed by atoms with Gasteiger partial charge in [0.05, 0.1) is 0 Å². The summed E-state index contributed by atoms with van der Waals surface area (Å²) in [5.41, 5.74) is 3.93. The van der Waals surface area contributed by atoms with E-state index in [9.17, 15) is 0 Å². The Morgan fingerprint density at radius 3 is 2.62 bits per heavy atom. The van der Waals surface area contributed by atoms with E-state index >= 15 is 0 Å². The van der Waals surface area contributed by atoms with Crippen LogP contribution in [0.4, 0.5) is 5.69 Å². The van der Waals surface area contributed by atoms with Gasteiger partial charge < -0.3 is 10.2 Å². The molecule has 0 radical (unpaired) electrons. The van der Waals surface area contributed by atoms with Gasteiger partial charge in [0.2, 0.25) is 0 Å². The second-order valence-electron chi connectivity index (χ2n) is 5.32. The molecule has 3 heteroatoms. The highest BCUT2D eigenvalue weighted by atomic mass is 79.9. The van der Waals surface area contributed by atoms with Gasteiger partial charge in [-0.05, 0) is 42.8 Å². The quantitative estimate of drug-likeness (QED) is 0.811. The average Bonchev–Trinajstić information content (AvgIpc) is 2.47. The first-order valence-corrected chi connectivity index (χ1v) is 8.19. The number of rotatable bonds is 6. The van der Waals surface area contributed by atoms with Crippen molar-refractivity contribution in [1.29, 1.82) is 0 Å². The van der Waals surface area contributed by atoms with Crippen LogP contribution in [0.1, 0.15) is 31.0 Å². The molecule has 2 rings (SSSR count). The van der Waals surface area contributed by atoms with E-state index in [2.05, 4.69) is 95.6 Å².